The van der Waals surface area contributed by atoms with Gasteiger partial charge in [0.05, 0.1) is 6.54 Å². The molecule has 0 spiro atoms. The first-order valence-corrected chi connectivity index (χ1v) is 11.3. The molecule has 0 bridgehead atoms. The van der Waals surface area contributed by atoms with Gasteiger partial charge in [0.2, 0.25) is 5.89 Å². The van der Waals surface area contributed by atoms with Crippen LogP contribution in [0.5, 0.6) is 0 Å². The number of piperazine rings is 1. The number of amides is 1. The summed E-state index contributed by atoms with van der Waals surface area (Å²) in [5.41, 5.74) is 3.11. The van der Waals surface area contributed by atoms with E-state index in [1.165, 1.54) is 36.7 Å². The van der Waals surface area contributed by atoms with E-state index in [2.05, 4.69) is 46.0 Å². The van der Waals surface area contributed by atoms with Crippen LogP contribution in [0, 0.1) is 6.92 Å². The topological polar surface area (TPSA) is 52.8 Å². The van der Waals surface area contributed by atoms with Crippen molar-refractivity contribution in [3.63, 3.8) is 0 Å². The van der Waals surface area contributed by atoms with Crippen molar-refractivity contribution in [3.8, 4) is 0 Å². The van der Waals surface area contributed by atoms with Crippen LogP contribution in [-0.4, -0.2) is 64.9 Å². The molecule has 1 aromatic heterocycles. The van der Waals surface area contributed by atoms with E-state index in [1.54, 1.807) is 0 Å². The number of carbonyl (C=O) groups excluding carboxylic acids is 1. The molecule has 1 aliphatic carbocycles. The first-order valence-electron chi connectivity index (χ1n) is 11.3. The minimum atomic E-state index is -0.0141. The predicted molar refractivity (Wildman–Crippen MR) is 117 cm³/mol. The van der Waals surface area contributed by atoms with Gasteiger partial charge in [0.1, 0.15) is 6.26 Å². The van der Waals surface area contributed by atoms with E-state index in [1.807, 2.05) is 11.9 Å². The summed E-state index contributed by atoms with van der Waals surface area (Å²) in [5.74, 6) is 0.627. The van der Waals surface area contributed by atoms with Crippen LogP contribution in [0.25, 0.3) is 0 Å². The van der Waals surface area contributed by atoms with Gasteiger partial charge < -0.3 is 9.32 Å². The fraction of sp³-hybridized carbons (Fsp3) is 0.583. The van der Waals surface area contributed by atoms with Crippen LogP contribution in [-0.2, 0) is 13.1 Å². The third kappa shape index (κ3) is 5.29. The molecule has 2 aliphatic rings. The molecule has 0 N–H and O–H groups in total. The number of carbonyl (C=O) groups is 1. The summed E-state index contributed by atoms with van der Waals surface area (Å²) in [6.07, 6.45) is 7.43. The standard InChI is InChI=1S/C24H34N4O2/c1-19-8-10-20(11-9-19)16-27-12-14-28(15-13-27)17-23-25-22(18-30-23)24(29)26(2)21-6-4-3-5-7-21/h8-11,18,21H,3-7,12-17H2,1-2H3. The maximum Gasteiger partial charge on any atom is 0.275 e. The molecule has 1 saturated heterocycles. The van der Waals surface area contributed by atoms with Crippen molar-refractivity contribution in [1.82, 2.24) is 19.7 Å². The number of rotatable bonds is 6. The first kappa shape index (κ1) is 21.1. The van der Waals surface area contributed by atoms with Crippen LogP contribution in [0.15, 0.2) is 34.9 Å². The molecule has 2 fully saturated rings. The van der Waals surface area contributed by atoms with E-state index >= 15 is 0 Å². The van der Waals surface area contributed by atoms with Crippen molar-refractivity contribution in [3.05, 3.63) is 53.2 Å². The van der Waals surface area contributed by atoms with Crippen molar-refractivity contribution in [2.45, 2.75) is 58.2 Å². The smallest absolute Gasteiger partial charge is 0.275 e. The fourth-order valence-electron chi connectivity index (χ4n) is 4.55. The molecule has 2 heterocycles. The zero-order valence-corrected chi connectivity index (χ0v) is 18.3. The van der Waals surface area contributed by atoms with E-state index in [4.69, 9.17) is 4.42 Å². The Morgan fingerprint density at radius 1 is 1.03 bits per heavy atom. The molecule has 6 heteroatoms. The molecule has 0 unspecified atom stereocenters. The van der Waals surface area contributed by atoms with Gasteiger partial charge in [-0.3, -0.25) is 14.6 Å². The Hall–Kier alpha value is -2.18. The van der Waals surface area contributed by atoms with Gasteiger partial charge in [0, 0.05) is 45.8 Å². The van der Waals surface area contributed by atoms with Gasteiger partial charge in [0.25, 0.3) is 5.91 Å². The van der Waals surface area contributed by atoms with Crippen LogP contribution in [0.4, 0.5) is 0 Å². The van der Waals surface area contributed by atoms with E-state index < -0.39 is 0 Å². The van der Waals surface area contributed by atoms with Crippen LogP contribution >= 0.6 is 0 Å². The van der Waals surface area contributed by atoms with Gasteiger partial charge in [-0.05, 0) is 25.3 Å². The van der Waals surface area contributed by atoms with Crippen molar-refractivity contribution in [2.24, 2.45) is 0 Å². The molecule has 1 saturated carbocycles. The maximum atomic E-state index is 12.8. The minimum absolute atomic E-state index is 0.0141. The molecular weight excluding hydrogens is 376 g/mol. The van der Waals surface area contributed by atoms with Gasteiger partial charge in [-0.15, -0.1) is 0 Å². The molecule has 6 nitrogen and oxygen atoms in total. The summed E-state index contributed by atoms with van der Waals surface area (Å²) >= 11 is 0. The highest BCUT2D eigenvalue weighted by Gasteiger charge is 2.26. The Balaban J connectivity index is 1.25. The van der Waals surface area contributed by atoms with Crippen LogP contribution < -0.4 is 0 Å². The molecule has 30 heavy (non-hydrogen) atoms. The average molecular weight is 411 g/mol. The van der Waals surface area contributed by atoms with Gasteiger partial charge in [-0.25, -0.2) is 4.98 Å². The molecule has 1 aromatic carbocycles. The normalized spacial score (nSPS) is 19.1. The highest BCUT2D eigenvalue weighted by Crippen LogP contribution is 2.23. The molecule has 2 aromatic rings. The second-order valence-electron chi connectivity index (χ2n) is 8.87. The number of hydrogen-bond acceptors (Lipinski definition) is 5. The Morgan fingerprint density at radius 2 is 1.67 bits per heavy atom. The van der Waals surface area contributed by atoms with Gasteiger partial charge >= 0.3 is 0 Å². The predicted octanol–water partition coefficient (Wildman–Crippen LogP) is 3.71. The molecule has 0 atom stereocenters. The number of hydrogen-bond donors (Lipinski definition) is 0. The summed E-state index contributed by atoms with van der Waals surface area (Å²) < 4.78 is 5.65. The molecular formula is C24H34N4O2. The molecule has 4 rings (SSSR count). The largest absolute Gasteiger partial charge is 0.447 e. The van der Waals surface area contributed by atoms with E-state index in [9.17, 15) is 4.79 Å². The summed E-state index contributed by atoms with van der Waals surface area (Å²) in [7, 11) is 1.90. The van der Waals surface area contributed by atoms with Crippen molar-refractivity contribution in [2.75, 3.05) is 33.2 Å². The maximum absolute atomic E-state index is 12.8. The van der Waals surface area contributed by atoms with Crippen molar-refractivity contribution in [1.29, 1.82) is 0 Å². The van der Waals surface area contributed by atoms with E-state index in [0.29, 0.717) is 24.2 Å². The second-order valence-corrected chi connectivity index (χ2v) is 8.87. The number of nitrogens with zero attached hydrogens (tertiary/aromatic N) is 4. The molecule has 1 amide bonds. The number of oxazole rings is 1. The lowest BCUT2D eigenvalue weighted by Gasteiger charge is -2.34. The monoisotopic (exact) mass is 410 g/mol. The lowest BCUT2D eigenvalue weighted by atomic mass is 9.94. The highest BCUT2D eigenvalue weighted by atomic mass is 16.3. The van der Waals surface area contributed by atoms with Crippen LogP contribution in [0.1, 0.15) is 59.6 Å². The average Bonchev–Trinajstić information content (AvgIpc) is 3.25. The number of benzene rings is 1. The Bertz CT molecular complexity index is 818. The first-order chi connectivity index (χ1) is 14.6. The minimum Gasteiger partial charge on any atom is -0.447 e. The number of aryl methyl sites for hydroxylation is 1. The quantitative estimate of drug-likeness (QED) is 0.727. The van der Waals surface area contributed by atoms with Gasteiger partial charge in [-0.2, -0.15) is 0 Å². The van der Waals surface area contributed by atoms with Gasteiger partial charge in [-0.1, -0.05) is 49.1 Å². The summed E-state index contributed by atoms with van der Waals surface area (Å²) in [6, 6.07) is 9.14. The van der Waals surface area contributed by atoms with E-state index in [-0.39, 0.29) is 5.91 Å². The zero-order valence-electron chi connectivity index (χ0n) is 18.3. The zero-order chi connectivity index (χ0) is 20.9. The third-order valence-electron chi connectivity index (χ3n) is 6.56. The summed E-state index contributed by atoms with van der Waals surface area (Å²) in [6.45, 7) is 7.82. The third-order valence-corrected chi connectivity index (χ3v) is 6.56. The lowest BCUT2D eigenvalue weighted by molar-refractivity contribution is 0.0690. The Kier molecular flexibility index (Phi) is 6.85. The molecule has 1 aliphatic heterocycles. The molecule has 0 radical (unpaired) electrons. The van der Waals surface area contributed by atoms with Crippen LogP contribution in [0.2, 0.25) is 0 Å². The Morgan fingerprint density at radius 3 is 2.33 bits per heavy atom. The van der Waals surface area contributed by atoms with Crippen molar-refractivity contribution >= 4 is 5.91 Å². The van der Waals surface area contributed by atoms with Crippen LogP contribution in [0.3, 0.4) is 0 Å². The summed E-state index contributed by atoms with van der Waals surface area (Å²) in [5, 5.41) is 0. The van der Waals surface area contributed by atoms with Crippen molar-refractivity contribution < 1.29 is 9.21 Å². The van der Waals surface area contributed by atoms with E-state index in [0.717, 1.165) is 45.6 Å². The van der Waals surface area contributed by atoms with Gasteiger partial charge in [0.15, 0.2) is 5.69 Å². The lowest BCUT2D eigenvalue weighted by Crippen LogP contribution is -2.45. The highest BCUT2D eigenvalue weighted by molar-refractivity contribution is 5.92. The fourth-order valence-corrected chi connectivity index (χ4v) is 4.55. The Labute approximate surface area is 179 Å². The number of aromatic nitrogens is 1. The second kappa shape index (κ2) is 9.75. The SMILES string of the molecule is Cc1ccc(CN2CCN(Cc3nc(C(=O)N(C)C4CCCCC4)co3)CC2)cc1. The summed E-state index contributed by atoms with van der Waals surface area (Å²) in [4.78, 5) is 24.0. The molecule has 162 valence electrons.